The summed E-state index contributed by atoms with van der Waals surface area (Å²) < 4.78 is 0. The lowest BCUT2D eigenvalue weighted by atomic mass is 9.80. The average molecular weight is 220 g/mol. The Labute approximate surface area is 93.9 Å². The van der Waals surface area contributed by atoms with Crippen LogP contribution in [-0.4, -0.2) is 46.0 Å². The largest absolute Gasteiger partial charge is 0.490 e. The lowest BCUT2D eigenvalue weighted by molar-refractivity contribution is 0.0650. The summed E-state index contributed by atoms with van der Waals surface area (Å²) in [6.45, 7) is 3.27. The van der Waals surface area contributed by atoms with Crippen LogP contribution in [0.5, 0.6) is 0 Å². The summed E-state index contributed by atoms with van der Waals surface area (Å²) in [7, 11) is -1.59. The Morgan fingerprint density at radius 2 is 2.19 bits per heavy atom. The molecule has 1 aliphatic rings. The third-order valence-electron chi connectivity index (χ3n) is 2.78. The normalized spacial score (nSPS) is 14.6. The molecule has 1 amide bonds. The molecule has 6 heteroatoms. The maximum Gasteiger partial charge on any atom is 0.490 e. The molecule has 1 saturated heterocycles. The number of nitrogens with zero attached hydrogens (tertiary/aromatic N) is 2. The lowest BCUT2D eigenvalue weighted by Crippen LogP contribution is -2.43. The van der Waals surface area contributed by atoms with Gasteiger partial charge < -0.3 is 14.9 Å². The van der Waals surface area contributed by atoms with Gasteiger partial charge in [0.15, 0.2) is 0 Å². The van der Waals surface area contributed by atoms with Crippen molar-refractivity contribution in [2.45, 2.75) is 13.3 Å². The summed E-state index contributed by atoms with van der Waals surface area (Å²) in [4.78, 5) is 17.7. The van der Waals surface area contributed by atoms with E-state index in [-0.39, 0.29) is 11.4 Å². The standard InChI is InChI=1S/C10H13BN2O3/c1-7-9(10(14)13-3-2-4-13)5-8(6-12-7)11(15)16/h5-6,15-16H,2-4H2,1H3. The van der Waals surface area contributed by atoms with E-state index in [1.165, 1.54) is 12.3 Å². The predicted octanol–water partition coefficient (Wildman–Crippen LogP) is -1.08. The monoisotopic (exact) mass is 220 g/mol. The lowest BCUT2D eigenvalue weighted by Gasteiger charge is -2.31. The quantitative estimate of drug-likeness (QED) is 0.621. The van der Waals surface area contributed by atoms with E-state index in [1.54, 1.807) is 11.8 Å². The minimum Gasteiger partial charge on any atom is -0.423 e. The highest BCUT2D eigenvalue weighted by Crippen LogP contribution is 2.13. The third kappa shape index (κ3) is 1.94. The molecule has 0 radical (unpaired) electrons. The molecule has 0 aliphatic carbocycles. The van der Waals surface area contributed by atoms with Crippen LogP contribution >= 0.6 is 0 Å². The van der Waals surface area contributed by atoms with Crippen LogP contribution in [0.15, 0.2) is 12.3 Å². The zero-order valence-electron chi connectivity index (χ0n) is 9.05. The molecule has 1 fully saturated rings. The van der Waals surface area contributed by atoms with Gasteiger partial charge >= 0.3 is 7.12 Å². The Hall–Kier alpha value is -1.40. The highest BCUT2D eigenvalue weighted by molar-refractivity contribution is 6.58. The van der Waals surface area contributed by atoms with Crippen LogP contribution < -0.4 is 5.46 Å². The van der Waals surface area contributed by atoms with Crippen molar-refractivity contribution in [2.75, 3.05) is 13.1 Å². The Balaban J connectivity index is 2.30. The molecule has 0 unspecified atom stereocenters. The second kappa shape index (κ2) is 4.23. The number of carbonyl (C=O) groups excluding carboxylic acids is 1. The number of aryl methyl sites for hydroxylation is 1. The van der Waals surface area contributed by atoms with Crippen LogP contribution in [0, 0.1) is 6.92 Å². The molecule has 0 spiro atoms. The Bertz CT molecular complexity index is 419. The van der Waals surface area contributed by atoms with Gasteiger partial charge in [-0.25, -0.2) is 0 Å². The van der Waals surface area contributed by atoms with Gasteiger partial charge in [-0.3, -0.25) is 9.78 Å². The van der Waals surface area contributed by atoms with Crippen LogP contribution in [0.2, 0.25) is 0 Å². The van der Waals surface area contributed by atoms with E-state index in [2.05, 4.69) is 4.98 Å². The van der Waals surface area contributed by atoms with Crippen LogP contribution in [0.25, 0.3) is 0 Å². The SMILES string of the molecule is Cc1ncc(B(O)O)cc1C(=O)N1CCC1. The first-order valence-corrected chi connectivity index (χ1v) is 5.21. The van der Waals surface area contributed by atoms with E-state index >= 15 is 0 Å². The number of amides is 1. The first kappa shape index (κ1) is 11.1. The fourth-order valence-corrected chi connectivity index (χ4v) is 1.60. The van der Waals surface area contributed by atoms with E-state index in [9.17, 15) is 4.79 Å². The molecule has 16 heavy (non-hydrogen) atoms. The van der Waals surface area contributed by atoms with Gasteiger partial charge in [0.05, 0.1) is 5.56 Å². The smallest absolute Gasteiger partial charge is 0.423 e. The maximum atomic E-state index is 11.9. The number of likely N-dealkylation sites (tertiary alicyclic amines) is 1. The summed E-state index contributed by atoms with van der Waals surface area (Å²) in [5.74, 6) is -0.0845. The molecule has 1 aromatic rings. The fourth-order valence-electron chi connectivity index (χ4n) is 1.60. The molecule has 1 aromatic heterocycles. The Morgan fingerprint density at radius 1 is 1.50 bits per heavy atom. The van der Waals surface area contributed by atoms with Gasteiger partial charge in [0, 0.05) is 30.4 Å². The van der Waals surface area contributed by atoms with Crippen molar-refractivity contribution in [3.8, 4) is 0 Å². The average Bonchev–Trinajstić information content (AvgIpc) is 2.15. The van der Waals surface area contributed by atoms with Crippen molar-refractivity contribution in [2.24, 2.45) is 0 Å². The molecule has 0 saturated carbocycles. The molecule has 5 nitrogen and oxygen atoms in total. The summed E-state index contributed by atoms with van der Waals surface area (Å²) >= 11 is 0. The second-order valence-electron chi connectivity index (χ2n) is 3.92. The van der Waals surface area contributed by atoms with Crippen LogP contribution in [0.3, 0.4) is 0 Å². The first-order valence-electron chi connectivity index (χ1n) is 5.21. The molecular weight excluding hydrogens is 207 g/mol. The van der Waals surface area contributed by atoms with Gasteiger partial charge in [-0.2, -0.15) is 0 Å². The molecular formula is C10H13BN2O3. The van der Waals surface area contributed by atoms with Crippen LogP contribution in [0.4, 0.5) is 0 Å². The van der Waals surface area contributed by atoms with Gasteiger partial charge in [-0.1, -0.05) is 0 Å². The van der Waals surface area contributed by atoms with Crippen molar-refractivity contribution >= 4 is 18.5 Å². The topological polar surface area (TPSA) is 73.7 Å². The van der Waals surface area contributed by atoms with Crippen LogP contribution in [0.1, 0.15) is 22.5 Å². The molecule has 2 N–H and O–H groups in total. The zero-order chi connectivity index (χ0) is 11.7. The minimum atomic E-state index is -1.59. The first-order chi connectivity index (χ1) is 7.59. The molecule has 84 valence electrons. The fraction of sp³-hybridized carbons (Fsp3) is 0.400. The van der Waals surface area contributed by atoms with E-state index in [4.69, 9.17) is 10.0 Å². The molecule has 1 aliphatic heterocycles. The van der Waals surface area contributed by atoms with Crippen molar-refractivity contribution in [1.29, 1.82) is 0 Å². The molecule has 2 rings (SSSR count). The third-order valence-corrected chi connectivity index (χ3v) is 2.78. The predicted molar refractivity (Wildman–Crippen MR) is 59.3 cm³/mol. The number of rotatable bonds is 2. The highest BCUT2D eigenvalue weighted by Gasteiger charge is 2.24. The summed E-state index contributed by atoms with van der Waals surface area (Å²) in [6.07, 6.45) is 2.40. The molecule has 2 heterocycles. The molecule has 0 atom stereocenters. The molecule has 0 bridgehead atoms. The van der Waals surface area contributed by atoms with E-state index in [1.807, 2.05) is 0 Å². The number of pyridine rings is 1. The second-order valence-corrected chi connectivity index (χ2v) is 3.92. The van der Waals surface area contributed by atoms with Gasteiger partial charge in [0.25, 0.3) is 5.91 Å². The summed E-state index contributed by atoms with van der Waals surface area (Å²) in [6, 6.07) is 1.49. The Kier molecular flexibility index (Phi) is 2.94. The molecule has 0 aromatic carbocycles. The Morgan fingerprint density at radius 3 is 2.69 bits per heavy atom. The van der Waals surface area contributed by atoms with Gasteiger partial charge in [0.1, 0.15) is 0 Å². The van der Waals surface area contributed by atoms with Gasteiger partial charge in [-0.05, 0) is 19.4 Å². The van der Waals surface area contributed by atoms with Gasteiger partial charge in [0.2, 0.25) is 0 Å². The number of hydrogen-bond donors (Lipinski definition) is 2. The number of carbonyl (C=O) groups is 1. The van der Waals surface area contributed by atoms with Crippen molar-refractivity contribution in [1.82, 2.24) is 9.88 Å². The summed E-state index contributed by atoms with van der Waals surface area (Å²) in [5.41, 5.74) is 1.31. The van der Waals surface area contributed by atoms with E-state index < -0.39 is 7.12 Å². The van der Waals surface area contributed by atoms with Gasteiger partial charge in [-0.15, -0.1) is 0 Å². The van der Waals surface area contributed by atoms with E-state index in [0.717, 1.165) is 19.5 Å². The van der Waals surface area contributed by atoms with Crippen LogP contribution in [-0.2, 0) is 0 Å². The minimum absolute atomic E-state index is 0.0845. The van der Waals surface area contributed by atoms with Crippen molar-refractivity contribution in [3.63, 3.8) is 0 Å². The number of hydrogen-bond acceptors (Lipinski definition) is 4. The van der Waals surface area contributed by atoms with Crippen molar-refractivity contribution in [3.05, 3.63) is 23.5 Å². The van der Waals surface area contributed by atoms with E-state index in [0.29, 0.717) is 11.3 Å². The highest BCUT2D eigenvalue weighted by atomic mass is 16.4. The van der Waals surface area contributed by atoms with Crippen molar-refractivity contribution < 1.29 is 14.8 Å². The number of aromatic nitrogens is 1. The summed E-state index contributed by atoms with van der Waals surface area (Å²) in [5, 5.41) is 18.0. The zero-order valence-corrected chi connectivity index (χ0v) is 9.05. The maximum absolute atomic E-state index is 11.9.